The molecule has 2 aromatic carbocycles. The highest BCUT2D eigenvalue weighted by atomic mass is 32.2. The van der Waals surface area contributed by atoms with Gasteiger partial charge in [-0.05, 0) is 17.7 Å². The third-order valence-corrected chi connectivity index (χ3v) is 5.31. The molecule has 4 rings (SSSR count). The van der Waals surface area contributed by atoms with E-state index in [0.29, 0.717) is 0 Å². The predicted octanol–water partition coefficient (Wildman–Crippen LogP) is 4.16. The molecule has 2 heterocycles. The zero-order valence-corrected chi connectivity index (χ0v) is 12.3. The summed E-state index contributed by atoms with van der Waals surface area (Å²) in [6, 6.07) is 18.4. The Morgan fingerprint density at radius 1 is 1.05 bits per heavy atom. The van der Waals surface area contributed by atoms with E-state index in [1.807, 2.05) is 48.2 Å². The van der Waals surface area contributed by atoms with Crippen molar-refractivity contribution < 1.29 is 5.11 Å². The molecule has 2 nitrogen and oxygen atoms in total. The standard InChI is InChI=1S/C18H15NOS/c20-18(15-11-21-16-9-2-1-7-13(15)16)14-8-3-5-12-6-4-10-19-17(12)14/h1-10,15,18,20H,11H2. The zero-order chi connectivity index (χ0) is 14.2. The van der Waals surface area contributed by atoms with Crippen LogP contribution in [0.5, 0.6) is 0 Å². The summed E-state index contributed by atoms with van der Waals surface area (Å²) in [5.41, 5.74) is 3.08. The highest BCUT2D eigenvalue weighted by Gasteiger charge is 2.30. The van der Waals surface area contributed by atoms with Gasteiger partial charge < -0.3 is 5.11 Å². The Morgan fingerprint density at radius 3 is 2.86 bits per heavy atom. The van der Waals surface area contributed by atoms with E-state index in [1.54, 1.807) is 6.20 Å². The van der Waals surface area contributed by atoms with Gasteiger partial charge in [-0.15, -0.1) is 11.8 Å². The fraction of sp³-hybridized carbons (Fsp3) is 0.167. The average molecular weight is 293 g/mol. The Bertz CT molecular complexity index is 797. The van der Waals surface area contributed by atoms with Crippen molar-refractivity contribution in [3.63, 3.8) is 0 Å². The first-order valence-corrected chi connectivity index (χ1v) is 8.06. The van der Waals surface area contributed by atoms with Gasteiger partial charge in [-0.1, -0.05) is 42.5 Å². The molecule has 1 aromatic heterocycles. The normalized spacial score (nSPS) is 18.6. The van der Waals surface area contributed by atoms with Crippen LogP contribution in [-0.2, 0) is 0 Å². The van der Waals surface area contributed by atoms with E-state index < -0.39 is 6.10 Å². The second kappa shape index (κ2) is 5.17. The lowest BCUT2D eigenvalue weighted by atomic mass is 9.90. The number of aromatic nitrogens is 1. The first-order chi connectivity index (χ1) is 10.3. The van der Waals surface area contributed by atoms with Crippen LogP contribution in [0.15, 0.2) is 65.7 Å². The van der Waals surface area contributed by atoms with Crippen LogP contribution in [0.2, 0.25) is 0 Å². The molecule has 0 fully saturated rings. The summed E-state index contributed by atoms with van der Waals surface area (Å²) >= 11 is 1.82. The van der Waals surface area contributed by atoms with Gasteiger partial charge in [0.2, 0.25) is 0 Å². The Balaban J connectivity index is 1.80. The molecule has 1 N–H and O–H groups in total. The Labute approximate surface area is 127 Å². The molecule has 104 valence electrons. The van der Waals surface area contributed by atoms with Gasteiger partial charge in [0.05, 0.1) is 11.6 Å². The van der Waals surface area contributed by atoms with Crippen LogP contribution in [0.3, 0.4) is 0 Å². The van der Waals surface area contributed by atoms with E-state index in [1.165, 1.54) is 10.5 Å². The fourth-order valence-corrected chi connectivity index (χ4v) is 4.31. The van der Waals surface area contributed by atoms with Crippen LogP contribution < -0.4 is 0 Å². The van der Waals surface area contributed by atoms with Crippen LogP contribution >= 0.6 is 11.8 Å². The summed E-state index contributed by atoms with van der Waals surface area (Å²) in [6.07, 6.45) is 1.27. The SMILES string of the molecule is OC(c1cccc2cccnc12)C1CSc2ccccc21. The first-order valence-electron chi connectivity index (χ1n) is 7.08. The van der Waals surface area contributed by atoms with Crippen molar-refractivity contribution in [2.75, 3.05) is 5.75 Å². The van der Waals surface area contributed by atoms with Crippen LogP contribution in [0.1, 0.15) is 23.1 Å². The van der Waals surface area contributed by atoms with Crippen LogP contribution in [-0.4, -0.2) is 15.8 Å². The van der Waals surface area contributed by atoms with Gasteiger partial charge in [-0.3, -0.25) is 4.98 Å². The summed E-state index contributed by atoms with van der Waals surface area (Å²) < 4.78 is 0. The molecule has 0 aliphatic carbocycles. The predicted molar refractivity (Wildman–Crippen MR) is 86.6 cm³/mol. The Hall–Kier alpha value is -1.84. The Kier molecular flexibility index (Phi) is 3.17. The minimum atomic E-state index is -0.514. The maximum Gasteiger partial charge on any atom is 0.0888 e. The third kappa shape index (κ3) is 2.13. The molecular formula is C18H15NOS. The van der Waals surface area contributed by atoms with Crippen LogP contribution in [0.4, 0.5) is 0 Å². The van der Waals surface area contributed by atoms with Crippen molar-refractivity contribution in [1.29, 1.82) is 0 Å². The smallest absolute Gasteiger partial charge is 0.0888 e. The number of benzene rings is 2. The van der Waals surface area contributed by atoms with Gasteiger partial charge in [0.15, 0.2) is 0 Å². The molecule has 0 spiro atoms. The molecule has 0 saturated carbocycles. The highest BCUT2D eigenvalue weighted by Crippen LogP contribution is 2.46. The lowest BCUT2D eigenvalue weighted by molar-refractivity contribution is 0.155. The summed E-state index contributed by atoms with van der Waals surface area (Å²) in [7, 11) is 0. The van der Waals surface area contributed by atoms with Crippen molar-refractivity contribution in [3.8, 4) is 0 Å². The molecule has 0 amide bonds. The van der Waals surface area contributed by atoms with Crippen LogP contribution in [0, 0.1) is 0 Å². The van der Waals surface area contributed by atoms with Crippen molar-refractivity contribution in [1.82, 2.24) is 4.98 Å². The van der Waals surface area contributed by atoms with Crippen molar-refractivity contribution in [2.45, 2.75) is 16.9 Å². The summed E-state index contributed by atoms with van der Waals surface area (Å²) in [4.78, 5) is 5.75. The van der Waals surface area contributed by atoms with E-state index in [2.05, 4.69) is 23.2 Å². The molecule has 2 atom stereocenters. The molecule has 3 heteroatoms. The van der Waals surface area contributed by atoms with E-state index in [-0.39, 0.29) is 5.92 Å². The number of hydrogen-bond donors (Lipinski definition) is 1. The number of rotatable bonds is 2. The molecule has 0 saturated heterocycles. The van der Waals surface area contributed by atoms with E-state index in [0.717, 1.165) is 22.2 Å². The number of hydrogen-bond acceptors (Lipinski definition) is 3. The number of pyridine rings is 1. The summed E-state index contributed by atoms with van der Waals surface area (Å²) in [5.74, 6) is 1.06. The molecule has 0 radical (unpaired) electrons. The average Bonchev–Trinajstić information content (AvgIpc) is 2.98. The second-order valence-corrected chi connectivity index (χ2v) is 6.38. The summed E-state index contributed by atoms with van der Waals surface area (Å²) in [5, 5.41) is 12.0. The molecule has 2 unspecified atom stereocenters. The van der Waals surface area contributed by atoms with Gasteiger partial charge in [0, 0.05) is 33.7 Å². The van der Waals surface area contributed by atoms with E-state index >= 15 is 0 Å². The number of fused-ring (bicyclic) bond motifs is 2. The molecule has 1 aliphatic rings. The maximum atomic E-state index is 10.9. The number of aliphatic hydroxyl groups is 1. The summed E-state index contributed by atoms with van der Waals surface area (Å²) in [6.45, 7) is 0. The van der Waals surface area contributed by atoms with Crippen LogP contribution in [0.25, 0.3) is 10.9 Å². The largest absolute Gasteiger partial charge is 0.388 e. The van der Waals surface area contributed by atoms with Gasteiger partial charge in [-0.25, -0.2) is 0 Å². The van der Waals surface area contributed by atoms with Crippen molar-refractivity contribution >= 4 is 22.7 Å². The number of thioether (sulfide) groups is 1. The maximum absolute atomic E-state index is 10.9. The quantitative estimate of drug-likeness (QED) is 0.770. The molecule has 3 aromatic rings. The van der Waals surface area contributed by atoms with Crippen molar-refractivity contribution in [3.05, 3.63) is 71.9 Å². The minimum Gasteiger partial charge on any atom is -0.388 e. The third-order valence-electron chi connectivity index (χ3n) is 4.10. The van der Waals surface area contributed by atoms with Gasteiger partial charge in [0.1, 0.15) is 0 Å². The minimum absolute atomic E-state index is 0.138. The van der Waals surface area contributed by atoms with Gasteiger partial charge >= 0.3 is 0 Å². The Morgan fingerprint density at radius 2 is 1.90 bits per heavy atom. The monoisotopic (exact) mass is 293 g/mol. The van der Waals surface area contributed by atoms with E-state index in [4.69, 9.17) is 0 Å². The fourth-order valence-electron chi connectivity index (χ4n) is 3.03. The van der Waals surface area contributed by atoms with Crippen molar-refractivity contribution in [2.24, 2.45) is 0 Å². The lowest BCUT2D eigenvalue weighted by Gasteiger charge is -2.20. The zero-order valence-electron chi connectivity index (χ0n) is 11.4. The number of aliphatic hydroxyl groups excluding tert-OH is 1. The van der Waals surface area contributed by atoms with Gasteiger partial charge in [0.25, 0.3) is 0 Å². The highest BCUT2D eigenvalue weighted by molar-refractivity contribution is 7.99. The topological polar surface area (TPSA) is 33.1 Å². The first kappa shape index (κ1) is 12.9. The second-order valence-electron chi connectivity index (χ2n) is 5.32. The number of nitrogens with zero attached hydrogens (tertiary/aromatic N) is 1. The van der Waals surface area contributed by atoms with E-state index in [9.17, 15) is 5.11 Å². The molecule has 21 heavy (non-hydrogen) atoms. The van der Waals surface area contributed by atoms with Gasteiger partial charge in [-0.2, -0.15) is 0 Å². The molecule has 1 aliphatic heterocycles. The molecular weight excluding hydrogens is 278 g/mol. The molecule has 0 bridgehead atoms. The number of para-hydroxylation sites is 1. The lowest BCUT2D eigenvalue weighted by Crippen LogP contribution is -2.11.